The molecule has 86 valence electrons. The summed E-state index contributed by atoms with van der Waals surface area (Å²) in [5.74, 6) is -0.555. The van der Waals surface area contributed by atoms with E-state index in [1.807, 2.05) is 6.07 Å². The summed E-state index contributed by atoms with van der Waals surface area (Å²) in [5.41, 5.74) is 0.0758. The van der Waals surface area contributed by atoms with Crippen molar-refractivity contribution in [3.8, 4) is 5.75 Å². The molecular formula is C12H15NO3. The Morgan fingerprint density at radius 3 is 2.56 bits per heavy atom. The highest BCUT2D eigenvalue weighted by Crippen LogP contribution is 2.47. The molecule has 0 spiro atoms. The van der Waals surface area contributed by atoms with Crippen molar-refractivity contribution in [2.45, 2.75) is 12.8 Å². The Hall–Kier alpha value is -1.71. The molecule has 1 aliphatic rings. The van der Waals surface area contributed by atoms with Gasteiger partial charge in [0, 0.05) is 13.6 Å². The fourth-order valence-corrected chi connectivity index (χ4v) is 1.92. The molecule has 0 unspecified atom stereocenters. The van der Waals surface area contributed by atoms with Gasteiger partial charge in [-0.15, -0.1) is 0 Å². The van der Waals surface area contributed by atoms with E-state index in [9.17, 15) is 9.90 Å². The van der Waals surface area contributed by atoms with Crippen LogP contribution < -0.4 is 4.90 Å². The number of carboxylic acid groups (broad SMARTS) is 1. The topological polar surface area (TPSA) is 60.8 Å². The molecule has 1 aromatic carbocycles. The fourth-order valence-electron chi connectivity index (χ4n) is 1.92. The SMILES string of the molecule is CN(CC1(C(=O)O)CC1)c1ccccc1O. The van der Waals surface area contributed by atoms with Crippen LogP contribution in [0.15, 0.2) is 24.3 Å². The van der Waals surface area contributed by atoms with Gasteiger partial charge in [0.15, 0.2) is 0 Å². The average Bonchev–Trinajstić information content (AvgIpc) is 2.99. The van der Waals surface area contributed by atoms with Crippen LogP contribution in [0.5, 0.6) is 5.75 Å². The number of carboxylic acids is 1. The van der Waals surface area contributed by atoms with Crippen molar-refractivity contribution in [2.75, 3.05) is 18.5 Å². The van der Waals surface area contributed by atoms with E-state index in [1.165, 1.54) is 0 Å². The zero-order valence-electron chi connectivity index (χ0n) is 9.18. The Balaban J connectivity index is 2.12. The number of benzene rings is 1. The second-order valence-electron chi connectivity index (χ2n) is 4.43. The zero-order valence-corrected chi connectivity index (χ0v) is 9.18. The summed E-state index contributed by atoms with van der Waals surface area (Å²) in [6, 6.07) is 6.96. The summed E-state index contributed by atoms with van der Waals surface area (Å²) in [4.78, 5) is 12.8. The second kappa shape index (κ2) is 3.70. The van der Waals surface area contributed by atoms with Crippen molar-refractivity contribution in [1.29, 1.82) is 0 Å². The number of phenolic OH excluding ortho intramolecular Hbond substituents is 1. The maximum absolute atomic E-state index is 11.0. The predicted molar refractivity (Wildman–Crippen MR) is 60.7 cm³/mol. The van der Waals surface area contributed by atoms with Gasteiger partial charge in [-0.2, -0.15) is 0 Å². The van der Waals surface area contributed by atoms with Crippen LogP contribution >= 0.6 is 0 Å². The molecule has 2 N–H and O–H groups in total. The van der Waals surface area contributed by atoms with Gasteiger partial charge in [0.05, 0.1) is 11.1 Å². The quantitative estimate of drug-likeness (QED) is 0.812. The van der Waals surface area contributed by atoms with Gasteiger partial charge in [-0.05, 0) is 25.0 Å². The second-order valence-corrected chi connectivity index (χ2v) is 4.43. The van der Waals surface area contributed by atoms with E-state index in [2.05, 4.69) is 0 Å². The van der Waals surface area contributed by atoms with E-state index in [-0.39, 0.29) is 5.75 Å². The summed E-state index contributed by atoms with van der Waals surface area (Å²) in [6.45, 7) is 0.444. The molecule has 0 saturated heterocycles. The molecule has 16 heavy (non-hydrogen) atoms. The van der Waals surface area contributed by atoms with E-state index in [0.717, 1.165) is 12.8 Å². The molecule has 0 radical (unpaired) electrons. The Bertz CT molecular complexity index is 412. The molecule has 0 amide bonds. The van der Waals surface area contributed by atoms with E-state index >= 15 is 0 Å². The summed E-state index contributed by atoms with van der Waals surface area (Å²) in [5, 5.41) is 18.7. The summed E-state index contributed by atoms with van der Waals surface area (Å²) in [7, 11) is 1.80. The first-order valence-electron chi connectivity index (χ1n) is 5.28. The van der Waals surface area contributed by atoms with Crippen LogP contribution in [0.4, 0.5) is 5.69 Å². The molecule has 0 bridgehead atoms. The lowest BCUT2D eigenvalue weighted by Crippen LogP contribution is -2.31. The van der Waals surface area contributed by atoms with Crippen LogP contribution in [0.25, 0.3) is 0 Å². The molecule has 4 nitrogen and oxygen atoms in total. The number of para-hydroxylation sites is 2. The van der Waals surface area contributed by atoms with E-state index < -0.39 is 11.4 Å². The number of anilines is 1. The maximum atomic E-state index is 11.0. The highest BCUT2D eigenvalue weighted by atomic mass is 16.4. The van der Waals surface area contributed by atoms with E-state index in [1.54, 1.807) is 30.1 Å². The minimum atomic E-state index is -0.741. The number of nitrogens with zero attached hydrogens (tertiary/aromatic N) is 1. The third kappa shape index (κ3) is 1.83. The lowest BCUT2D eigenvalue weighted by atomic mass is 10.1. The number of phenols is 1. The Kier molecular flexibility index (Phi) is 2.50. The Morgan fingerprint density at radius 1 is 1.44 bits per heavy atom. The minimum absolute atomic E-state index is 0.186. The zero-order chi connectivity index (χ0) is 11.8. The summed E-state index contributed by atoms with van der Waals surface area (Å²) < 4.78 is 0. The van der Waals surface area contributed by atoms with Crippen molar-refractivity contribution in [3.05, 3.63) is 24.3 Å². The summed E-state index contributed by atoms with van der Waals surface area (Å²) >= 11 is 0. The summed E-state index contributed by atoms with van der Waals surface area (Å²) in [6.07, 6.45) is 1.44. The van der Waals surface area contributed by atoms with Crippen LogP contribution in [0.1, 0.15) is 12.8 Å². The number of rotatable bonds is 4. The van der Waals surface area contributed by atoms with E-state index in [4.69, 9.17) is 5.11 Å². The smallest absolute Gasteiger partial charge is 0.311 e. The van der Waals surface area contributed by atoms with Gasteiger partial charge < -0.3 is 15.1 Å². The third-order valence-corrected chi connectivity index (χ3v) is 3.14. The van der Waals surface area contributed by atoms with Gasteiger partial charge in [-0.1, -0.05) is 12.1 Å². The standard InChI is InChI=1S/C12H15NO3/c1-13(8-12(6-7-12)11(15)16)9-4-2-3-5-10(9)14/h2-5,14H,6-8H2,1H3,(H,15,16). The largest absolute Gasteiger partial charge is 0.506 e. The highest BCUT2D eigenvalue weighted by molar-refractivity contribution is 5.79. The number of hydrogen-bond donors (Lipinski definition) is 2. The molecule has 0 heterocycles. The van der Waals surface area contributed by atoms with E-state index in [0.29, 0.717) is 12.2 Å². The number of aromatic hydroxyl groups is 1. The molecular weight excluding hydrogens is 206 g/mol. The van der Waals surface area contributed by atoms with Gasteiger partial charge in [-0.3, -0.25) is 4.79 Å². The van der Waals surface area contributed by atoms with Crippen LogP contribution in [-0.2, 0) is 4.79 Å². The molecule has 1 fully saturated rings. The van der Waals surface area contributed by atoms with Gasteiger partial charge >= 0.3 is 5.97 Å². The predicted octanol–water partition coefficient (Wildman–Crippen LogP) is 1.69. The molecule has 4 heteroatoms. The molecule has 1 saturated carbocycles. The van der Waals surface area contributed by atoms with Crippen molar-refractivity contribution in [1.82, 2.24) is 0 Å². The minimum Gasteiger partial charge on any atom is -0.506 e. The number of carbonyl (C=O) groups is 1. The highest BCUT2D eigenvalue weighted by Gasteiger charge is 2.51. The molecule has 1 aromatic rings. The number of hydrogen-bond acceptors (Lipinski definition) is 3. The van der Waals surface area contributed by atoms with Crippen LogP contribution in [0.3, 0.4) is 0 Å². The molecule has 0 aromatic heterocycles. The first-order chi connectivity index (χ1) is 7.55. The van der Waals surface area contributed by atoms with Crippen LogP contribution in [0.2, 0.25) is 0 Å². The lowest BCUT2D eigenvalue weighted by molar-refractivity contribution is -0.142. The Morgan fingerprint density at radius 2 is 2.06 bits per heavy atom. The van der Waals surface area contributed by atoms with Gasteiger partial charge in [0.2, 0.25) is 0 Å². The average molecular weight is 221 g/mol. The lowest BCUT2D eigenvalue weighted by Gasteiger charge is -2.23. The van der Waals surface area contributed by atoms with Gasteiger partial charge in [0.1, 0.15) is 5.75 Å². The van der Waals surface area contributed by atoms with Crippen molar-refractivity contribution < 1.29 is 15.0 Å². The monoisotopic (exact) mass is 221 g/mol. The van der Waals surface area contributed by atoms with Gasteiger partial charge in [-0.25, -0.2) is 0 Å². The van der Waals surface area contributed by atoms with Crippen molar-refractivity contribution in [3.63, 3.8) is 0 Å². The van der Waals surface area contributed by atoms with Crippen molar-refractivity contribution in [2.24, 2.45) is 5.41 Å². The fraction of sp³-hybridized carbons (Fsp3) is 0.417. The molecule has 1 aliphatic carbocycles. The molecule has 0 atom stereocenters. The third-order valence-electron chi connectivity index (χ3n) is 3.14. The molecule has 0 aliphatic heterocycles. The van der Waals surface area contributed by atoms with Gasteiger partial charge in [0.25, 0.3) is 0 Å². The molecule has 2 rings (SSSR count). The first-order valence-corrected chi connectivity index (χ1v) is 5.28. The Labute approximate surface area is 94.1 Å². The van der Waals surface area contributed by atoms with Crippen molar-refractivity contribution >= 4 is 11.7 Å². The van der Waals surface area contributed by atoms with Crippen LogP contribution in [0, 0.1) is 5.41 Å². The normalized spacial score (nSPS) is 16.8. The maximum Gasteiger partial charge on any atom is 0.311 e. The first kappa shape index (κ1) is 10.8. The number of aliphatic carboxylic acids is 1. The van der Waals surface area contributed by atoms with Crippen LogP contribution in [-0.4, -0.2) is 29.8 Å².